The summed E-state index contributed by atoms with van der Waals surface area (Å²) in [6, 6.07) is 0. The van der Waals surface area contributed by atoms with Crippen molar-refractivity contribution in [3.8, 4) is 0 Å². The highest BCUT2D eigenvalue weighted by Crippen LogP contribution is 2.74. The number of hydrogen-bond donors (Lipinski definition) is 0. The lowest BCUT2D eigenvalue weighted by atomic mass is 9.68. The van der Waals surface area contributed by atoms with Crippen LogP contribution < -0.4 is 0 Å². The van der Waals surface area contributed by atoms with Crippen molar-refractivity contribution in [1.29, 1.82) is 0 Å². The first kappa shape index (κ1) is 27.7. The smallest absolute Gasteiger partial charge is 0.455 e. The Hall–Kier alpha value is -1.28. The van der Waals surface area contributed by atoms with E-state index in [2.05, 4.69) is 0 Å². The zero-order chi connectivity index (χ0) is 24.5. The quantitative estimate of drug-likeness (QED) is 0.418. The molecule has 176 valence electrons. The Morgan fingerprint density at radius 1 is 0.448 bits per heavy atom. The Kier molecular flexibility index (Phi) is 6.08. The molecule has 0 aliphatic heterocycles. The van der Waals surface area contributed by atoms with Gasteiger partial charge in [0.1, 0.15) is 10.1 Å². The number of alkyl halides is 17. The molecular weight excluding hydrogens is 499 g/mol. The second-order valence-corrected chi connectivity index (χ2v) is 6.47. The van der Waals surface area contributed by atoms with Crippen LogP contribution in [0, 0.1) is 5.41 Å². The van der Waals surface area contributed by atoms with Gasteiger partial charge in [-0.1, -0.05) is 0 Å². The van der Waals surface area contributed by atoms with E-state index < -0.39 is 57.1 Å². The number of hydrogen-bond acceptors (Lipinski definition) is 3. The minimum Gasteiger partial charge on any atom is -0.747 e. The molecule has 0 N–H and O–H groups in total. The third-order valence-electron chi connectivity index (χ3n) is 3.38. The van der Waals surface area contributed by atoms with Crippen molar-refractivity contribution in [2.75, 3.05) is 0 Å². The molecule has 0 saturated carbocycles. The molecule has 0 aromatic rings. The van der Waals surface area contributed by atoms with Crippen molar-refractivity contribution in [1.82, 2.24) is 0 Å². The molecule has 0 rings (SSSR count). The first-order chi connectivity index (χ1) is 12.0. The van der Waals surface area contributed by atoms with Crippen molar-refractivity contribution < 1.29 is 87.6 Å². The van der Waals surface area contributed by atoms with Crippen LogP contribution in [0.3, 0.4) is 0 Å². The molecule has 0 spiro atoms. The average molecular weight is 499 g/mol. The average Bonchev–Trinajstić information content (AvgIpc) is 2.24. The lowest BCUT2D eigenvalue weighted by Gasteiger charge is -2.54. The molecular formula is C8F17O3S-. The van der Waals surface area contributed by atoms with Gasteiger partial charge in [-0.25, -0.2) is 8.42 Å². The van der Waals surface area contributed by atoms with Crippen LogP contribution in [0.4, 0.5) is 74.6 Å². The van der Waals surface area contributed by atoms with E-state index in [0.717, 1.165) is 0 Å². The summed E-state index contributed by atoms with van der Waals surface area (Å²) in [4.78, 5) is 0. The first-order valence-electron chi connectivity index (χ1n) is 5.67. The largest absolute Gasteiger partial charge is 0.747 e. The summed E-state index contributed by atoms with van der Waals surface area (Å²) in [5.74, 6) is -9.11. The van der Waals surface area contributed by atoms with E-state index >= 15 is 0 Å². The van der Waals surface area contributed by atoms with Gasteiger partial charge in [-0.2, -0.15) is 74.6 Å². The SMILES string of the molecule is O=S(=O)([O-])C(C(F)(F)F)(C(F)(F)C(F)(F)F)C(C(F)(F)F)(C(F)(F)F)C(F)(F)F. The molecule has 0 radical (unpaired) electrons. The van der Waals surface area contributed by atoms with E-state index in [0.29, 0.717) is 0 Å². The Labute approximate surface area is 146 Å². The molecule has 0 aromatic heterocycles. The van der Waals surface area contributed by atoms with Gasteiger partial charge in [0, 0.05) is 0 Å². The van der Waals surface area contributed by atoms with Crippen LogP contribution >= 0.6 is 0 Å². The van der Waals surface area contributed by atoms with Gasteiger partial charge in [0.05, 0.1) is 0 Å². The molecule has 29 heavy (non-hydrogen) atoms. The summed E-state index contributed by atoms with van der Waals surface area (Å²) in [5.41, 5.74) is -9.46. The van der Waals surface area contributed by atoms with E-state index in [1.165, 1.54) is 0 Å². The van der Waals surface area contributed by atoms with Gasteiger partial charge in [0.15, 0.2) is 0 Å². The molecule has 1 atom stereocenters. The van der Waals surface area contributed by atoms with Crippen LogP contribution in [-0.4, -0.2) is 54.5 Å². The lowest BCUT2D eigenvalue weighted by Crippen LogP contribution is -2.85. The second-order valence-electron chi connectivity index (χ2n) is 4.95. The van der Waals surface area contributed by atoms with Crippen LogP contribution in [0.15, 0.2) is 0 Å². The van der Waals surface area contributed by atoms with E-state index in [9.17, 15) is 87.6 Å². The summed E-state index contributed by atoms with van der Waals surface area (Å²) >= 11 is 0. The van der Waals surface area contributed by atoms with Crippen LogP contribution in [0.5, 0.6) is 0 Å². The molecule has 0 heterocycles. The zero-order valence-electron chi connectivity index (χ0n) is 12.1. The van der Waals surface area contributed by atoms with Gasteiger partial charge >= 0.3 is 36.8 Å². The standard InChI is InChI=1S/C8HF17O3S/c9-3(10,8(23,24)25)2(7(20,21)22,29(26,27)28)1(4(11,12)13,5(14,15)16)6(17,18)19/h(H,26,27,28)/p-1. The predicted molar refractivity (Wildman–Crippen MR) is 50.1 cm³/mol. The fraction of sp³-hybridized carbons (Fsp3) is 1.00. The molecule has 0 saturated heterocycles. The summed E-state index contributed by atoms with van der Waals surface area (Å²) in [6.07, 6.45) is -44.2. The van der Waals surface area contributed by atoms with E-state index in [1.807, 2.05) is 0 Å². The minimum atomic E-state index is -9.54. The van der Waals surface area contributed by atoms with Gasteiger partial charge in [-0.3, -0.25) is 0 Å². The van der Waals surface area contributed by atoms with E-state index in [4.69, 9.17) is 0 Å². The molecule has 0 bridgehead atoms. The van der Waals surface area contributed by atoms with Crippen molar-refractivity contribution in [2.45, 2.75) is 41.6 Å². The van der Waals surface area contributed by atoms with Gasteiger partial charge in [0.25, 0.3) is 10.2 Å². The second kappa shape index (κ2) is 6.36. The van der Waals surface area contributed by atoms with Crippen LogP contribution in [0.1, 0.15) is 0 Å². The van der Waals surface area contributed by atoms with Crippen molar-refractivity contribution in [3.63, 3.8) is 0 Å². The Morgan fingerprint density at radius 2 is 0.690 bits per heavy atom. The summed E-state index contributed by atoms with van der Waals surface area (Å²) in [5, 5.41) is 0. The molecule has 0 fully saturated rings. The molecule has 3 nitrogen and oxygen atoms in total. The number of rotatable bonds is 3. The molecule has 0 amide bonds. The molecule has 21 heteroatoms. The minimum absolute atomic E-state index is 8.48. The van der Waals surface area contributed by atoms with Crippen molar-refractivity contribution in [3.05, 3.63) is 0 Å². The molecule has 1 unspecified atom stereocenters. The van der Waals surface area contributed by atoms with Gasteiger partial charge in [-0.15, -0.1) is 0 Å². The van der Waals surface area contributed by atoms with E-state index in [-0.39, 0.29) is 0 Å². The molecule has 0 aliphatic rings. The molecule has 0 aromatic carbocycles. The third-order valence-corrected chi connectivity index (χ3v) is 4.92. The molecule has 0 aliphatic carbocycles. The Morgan fingerprint density at radius 3 is 0.793 bits per heavy atom. The Bertz CT molecular complexity index is 680. The summed E-state index contributed by atoms with van der Waals surface area (Å²) in [6.45, 7) is 0. The van der Waals surface area contributed by atoms with Crippen LogP contribution in [0.25, 0.3) is 0 Å². The lowest BCUT2D eigenvalue weighted by molar-refractivity contribution is -0.484. The maximum Gasteiger partial charge on any atom is 0.455 e. The van der Waals surface area contributed by atoms with Crippen molar-refractivity contribution in [2.24, 2.45) is 5.41 Å². The van der Waals surface area contributed by atoms with Gasteiger partial charge in [0.2, 0.25) is 0 Å². The highest BCUT2D eigenvalue weighted by atomic mass is 32.2. The summed E-state index contributed by atoms with van der Waals surface area (Å²) in [7, 11) is -9.54. The van der Waals surface area contributed by atoms with Gasteiger partial charge in [-0.05, 0) is 0 Å². The highest BCUT2D eigenvalue weighted by molar-refractivity contribution is 7.87. The highest BCUT2D eigenvalue weighted by Gasteiger charge is 3.04. The van der Waals surface area contributed by atoms with Crippen molar-refractivity contribution >= 4 is 10.1 Å². The predicted octanol–water partition coefficient (Wildman–Crippen LogP) is 4.70. The third kappa shape index (κ3) is 3.26. The fourth-order valence-electron chi connectivity index (χ4n) is 2.39. The normalized spacial score (nSPS) is 18.6. The fourth-order valence-corrected chi connectivity index (χ4v) is 3.83. The van der Waals surface area contributed by atoms with E-state index in [1.54, 1.807) is 0 Å². The van der Waals surface area contributed by atoms with Crippen LogP contribution in [-0.2, 0) is 10.1 Å². The van der Waals surface area contributed by atoms with Crippen LogP contribution in [0.2, 0.25) is 0 Å². The maximum absolute atomic E-state index is 13.4. The Balaban J connectivity index is 8.71. The summed E-state index contributed by atoms with van der Waals surface area (Å²) < 4.78 is 240. The maximum atomic E-state index is 13.4. The first-order valence-corrected chi connectivity index (χ1v) is 7.08. The topological polar surface area (TPSA) is 57.2 Å². The monoisotopic (exact) mass is 499 g/mol. The number of halogens is 17. The van der Waals surface area contributed by atoms with Gasteiger partial charge < -0.3 is 4.55 Å². The zero-order valence-corrected chi connectivity index (χ0v) is 12.9.